The molecule has 1 aromatic heterocycles. The minimum absolute atomic E-state index is 0.0630. The lowest BCUT2D eigenvalue weighted by Gasteiger charge is -2.09. The van der Waals surface area contributed by atoms with E-state index in [-0.39, 0.29) is 24.9 Å². The van der Waals surface area contributed by atoms with Gasteiger partial charge >= 0.3 is 5.97 Å². The second-order valence-electron chi connectivity index (χ2n) is 7.25. The molecule has 0 aliphatic rings. The second-order valence-corrected chi connectivity index (χ2v) is 7.25. The monoisotopic (exact) mass is 418 g/mol. The lowest BCUT2D eigenvalue weighted by molar-refractivity contribution is 0.0527. The zero-order valence-corrected chi connectivity index (χ0v) is 17.4. The molecule has 31 heavy (non-hydrogen) atoms. The zero-order chi connectivity index (χ0) is 22.1. The largest absolute Gasteiger partial charge is 0.462 e. The maximum Gasteiger partial charge on any atom is 0.340 e. The van der Waals surface area contributed by atoms with Crippen LogP contribution < -0.4 is 11.5 Å². The Morgan fingerprint density at radius 1 is 1.10 bits per heavy atom. The predicted molar refractivity (Wildman–Crippen MR) is 121 cm³/mol. The Morgan fingerprint density at radius 3 is 2.61 bits per heavy atom. The van der Waals surface area contributed by atoms with Crippen molar-refractivity contribution in [3.63, 3.8) is 0 Å². The van der Waals surface area contributed by atoms with Crippen LogP contribution in [0.25, 0.3) is 32.8 Å². The van der Waals surface area contributed by atoms with Crippen molar-refractivity contribution in [2.75, 3.05) is 6.61 Å². The molecule has 0 amide bonds. The van der Waals surface area contributed by atoms with Gasteiger partial charge in [0.15, 0.2) is 5.96 Å². The summed E-state index contributed by atoms with van der Waals surface area (Å²) in [7, 11) is 1.84. The fraction of sp³-hybridized carbons (Fsp3) is 0.167. The number of rotatable bonds is 5. The van der Waals surface area contributed by atoms with Gasteiger partial charge in [0.1, 0.15) is 5.82 Å². The molecule has 6 nitrogen and oxygen atoms in total. The molecule has 0 saturated heterocycles. The van der Waals surface area contributed by atoms with Crippen LogP contribution in [0.3, 0.4) is 0 Å². The van der Waals surface area contributed by atoms with E-state index in [9.17, 15) is 9.18 Å². The number of guanidine groups is 1. The van der Waals surface area contributed by atoms with Crippen molar-refractivity contribution in [2.45, 2.75) is 13.5 Å². The molecule has 4 aromatic rings. The molecular weight excluding hydrogens is 395 g/mol. The van der Waals surface area contributed by atoms with Crippen molar-refractivity contribution < 1.29 is 13.9 Å². The Morgan fingerprint density at radius 2 is 1.87 bits per heavy atom. The molecule has 0 aliphatic heterocycles. The summed E-state index contributed by atoms with van der Waals surface area (Å²) in [6, 6.07) is 16.4. The summed E-state index contributed by atoms with van der Waals surface area (Å²) in [6.07, 6.45) is 0. The van der Waals surface area contributed by atoms with E-state index in [2.05, 4.69) is 4.99 Å². The Hall–Kier alpha value is -3.87. The molecular formula is C24H23FN4O2. The van der Waals surface area contributed by atoms with Gasteiger partial charge in [0, 0.05) is 18.0 Å². The maximum atomic E-state index is 14.3. The van der Waals surface area contributed by atoms with Gasteiger partial charge in [-0.25, -0.2) is 14.2 Å². The van der Waals surface area contributed by atoms with Gasteiger partial charge < -0.3 is 20.8 Å². The fourth-order valence-electron chi connectivity index (χ4n) is 3.95. The van der Waals surface area contributed by atoms with E-state index < -0.39 is 5.97 Å². The van der Waals surface area contributed by atoms with Gasteiger partial charge in [-0.2, -0.15) is 0 Å². The average Bonchev–Trinajstić information content (AvgIpc) is 3.03. The molecule has 0 saturated carbocycles. The third-order valence-electron chi connectivity index (χ3n) is 5.35. The Labute approximate surface area is 178 Å². The number of fused-ring (bicyclic) bond motifs is 2. The molecule has 1 heterocycles. The van der Waals surface area contributed by atoms with Crippen molar-refractivity contribution in [1.29, 1.82) is 0 Å². The number of hydrogen-bond acceptors (Lipinski definition) is 3. The number of ether oxygens (including phenoxy) is 1. The molecule has 0 atom stereocenters. The van der Waals surface area contributed by atoms with Gasteiger partial charge in [-0.05, 0) is 47.0 Å². The number of carbonyl (C=O) groups is 1. The first-order valence-electron chi connectivity index (χ1n) is 9.93. The minimum Gasteiger partial charge on any atom is -0.462 e. The molecule has 0 spiro atoms. The second kappa shape index (κ2) is 8.10. The van der Waals surface area contributed by atoms with Gasteiger partial charge in [0.05, 0.1) is 24.4 Å². The highest BCUT2D eigenvalue weighted by Gasteiger charge is 2.22. The van der Waals surface area contributed by atoms with Crippen LogP contribution in [0.1, 0.15) is 23.0 Å². The van der Waals surface area contributed by atoms with Crippen LogP contribution in [-0.4, -0.2) is 23.1 Å². The van der Waals surface area contributed by atoms with Gasteiger partial charge in [-0.15, -0.1) is 0 Å². The topological polar surface area (TPSA) is 95.6 Å². The molecule has 0 fully saturated rings. The van der Waals surface area contributed by atoms with Gasteiger partial charge in [0.2, 0.25) is 0 Å². The molecule has 3 aromatic carbocycles. The summed E-state index contributed by atoms with van der Waals surface area (Å²) in [5, 5.41) is 2.50. The molecule has 0 bridgehead atoms. The van der Waals surface area contributed by atoms with Crippen molar-refractivity contribution in [2.24, 2.45) is 23.5 Å². The van der Waals surface area contributed by atoms with Crippen LogP contribution in [0.5, 0.6) is 0 Å². The van der Waals surface area contributed by atoms with Crippen LogP contribution >= 0.6 is 0 Å². The summed E-state index contributed by atoms with van der Waals surface area (Å²) in [4.78, 5) is 16.8. The molecule has 7 heteroatoms. The van der Waals surface area contributed by atoms with E-state index in [0.717, 1.165) is 32.8 Å². The standard InChI is InChI=1S/C24H23FN4O2/c1-3-31-23(30)22-18-9-8-15(11-20(18)29(2)21(22)13-28-24(26)27)19-12-16(25)10-14-6-4-5-7-17(14)19/h4-12H,3,13H2,1-2H3,(H4,26,27,28). The molecule has 4 rings (SSSR count). The van der Waals surface area contributed by atoms with Crippen molar-refractivity contribution in [3.8, 4) is 11.1 Å². The Balaban J connectivity index is 1.96. The summed E-state index contributed by atoms with van der Waals surface area (Å²) in [6.45, 7) is 2.15. The summed E-state index contributed by atoms with van der Waals surface area (Å²) >= 11 is 0. The summed E-state index contributed by atoms with van der Waals surface area (Å²) < 4.78 is 21.5. The first-order chi connectivity index (χ1) is 14.9. The number of hydrogen-bond donors (Lipinski definition) is 2. The van der Waals surface area contributed by atoms with Crippen molar-refractivity contribution >= 4 is 33.6 Å². The number of carbonyl (C=O) groups excluding carboxylic acids is 1. The lowest BCUT2D eigenvalue weighted by atomic mass is 9.97. The van der Waals surface area contributed by atoms with Gasteiger partial charge in [-0.1, -0.05) is 36.4 Å². The van der Waals surface area contributed by atoms with Crippen LogP contribution in [0.4, 0.5) is 4.39 Å². The van der Waals surface area contributed by atoms with Crippen LogP contribution in [0.2, 0.25) is 0 Å². The van der Waals surface area contributed by atoms with E-state index in [4.69, 9.17) is 16.2 Å². The van der Waals surface area contributed by atoms with Crippen molar-refractivity contribution in [1.82, 2.24) is 4.57 Å². The molecule has 0 unspecified atom stereocenters. The lowest BCUT2D eigenvalue weighted by Crippen LogP contribution is -2.23. The highest BCUT2D eigenvalue weighted by molar-refractivity contribution is 6.07. The third-order valence-corrected chi connectivity index (χ3v) is 5.35. The zero-order valence-electron chi connectivity index (χ0n) is 17.4. The normalized spacial score (nSPS) is 11.1. The Kier molecular flexibility index (Phi) is 5.33. The fourth-order valence-corrected chi connectivity index (χ4v) is 3.95. The minimum atomic E-state index is -0.433. The van der Waals surface area contributed by atoms with Crippen molar-refractivity contribution in [3.05, 3.63) is 71.7 Å². The smallest absolute Gasteiger partial charge is 0.340 e. The first-order valence-corrected chi connectivity index (χ1v) is 9.93. The molecule has 0 aliphatic carbocycles. The predicted octanol–water partition coefficient (Wildman–Crippen LogP) is 4.09. The quantitative estimate of drug-likeness (QED) is 0.290. The molecule has 4 N–H and O–H groups in total. The number of nitrogens with two attached hydrogens (primary N) is 2. The van der Waals surface area contributed by atoms with Gasteiger partial charge in [0.25, 0.3) is 0 Å². The van der Waals surface area contributed by atoms with E-state index in [1.54, 1.807) is 6.92 Å². The summed E-state index contributed by atoms with van der Waals surface area (Å²) in [5.74, 6) is -0.800. The number of nitrogens with zero attached hydrogens (tertiary/aromatic N) is 2. The number of esters is 1. The first kappa shape index (κ1) is 20.4. The number of aryl methyl sites for hydroxylation is 1. The van der Waals surface area contributed by atoms with Crippen LogP contribution in [-0.2, 0) is 18.3 Å². The van der Waals surface area contributed by atoms with E-state index >= 15 is 0 Å². The SMILES string of the molecule is CCOC(=O)c1c(CN=C(N)N)n(C)c2cc(-c3cc(F)cc4ccccc34)ccc12. The third kappa shape index (κ3) is 3.70. The van der Waals surface area contributed by atoms with E-state index in [1.165, 1.54) is 12.1 Å². The Bertz CT molecular complexity index is 1340. The van der Waals surface area contributed by atoms with E-state index in [0.29, 0.717) is 11.3 Å². The van der Waals surface area contributed by atoms with Crippen LogP contribution in [0, 0.1) is 5.82 Å². The average molecular weight is 418 g/mol. The molecule has 158 valence electrons. The number of benzene rings is 3. The van der Waals surface area contributed by atoms with E-state index in [1.807, 2.05) is 54.1 Å². The maximum absolute atomic E-state index is 14.3. The van der Waals surface area contributed by atoms with Crippen LogP contribution in [0.15, 0.2) is 59.6 Å². The number of halogens is 1. The highest BCUT2D eigenvalue weighted by atomic mass is 19.1. The van der Waals surface area contributed by atoms with Gasteiger partial charge in [-0.3, -0.25) is 0 Å². The number of aromatic nitrogens is 1. The summed E-state index contributed by atoms with van der Waals surface area (Å²) in [5.41, 5.74) is 14.5. The number of aliphatic imine (C=N–C) groups is 1. The highest BCUT2D eigenvalue weighted by Crippen LogP contribution is 2.34. The molecule has 0 radical (unpaired) electrons.